The Labute approximate surface area is 167 Å². The molecule has 1 N–H and O–H groups in total. The number of hydrazone groups is 1. The normalized spacial score (nSPS) is 11.5. The highest BCUT2D eigenvalue weighted by Crippen LogP contribution is 2.23. The topological polar surface area (TPSA) is 68.0 Å². The molecular weight excluding hydrogens is 367 g/mol. The number of benzene rings is 2. The van der Waals surface area contributed by atoms with Crippen molar-refractivity contribution in [3.63, 3.8) is 0 Å². The van der Waals surface area contributed by atoms with Crippen LogP contribution in [-0.2, 0) is 0 Å². The first-order valence-electron chi connectivity index (χ1n) is 9.11. The zero-order chi connectivity index (χ0) is 20.2. The van der Waals surface area contributed by atoms with Crippen LogP contribution >= 0.6 is 0 Å². The van der Waals surface area contributed by atoms with E-state index in [2.05, 4.69) is 25.6 Å². The molecule has 2 aromatic heterocycles. The predicted molar refractivity (Wildman–Crippen MR) is 112 cm³/mol. The van der Waals surface area contributed by atoms with Gasteiger partial charge in [-0.05, 0) is 37.6 Å². The maximum Gasteiger partial charge on any atom is 0.159 e. The predicted octanol–water partition coefficient (Wildman–Crippen LogP) is 4.61. The van der Waals surface area contributed by atoms with Gasteiger partial charge < -0.3 is 0 Å². The summed E-state index contributed by atoms with van der Waals surface area (Å²) in [5, 5.41) is 8.92. The van der Waals surface area contributed by atoms with Gasteiger partial charge in [-0.25, -0.2) is 19.0 Å². The van der Waals surface area contributed by atoms with Gasteiger partial charge in [0.2, 0.25) is 0 Å². The SMILES string of the molecule is CC(=NNc1cc(-n2nc(C)cc2-c2ccccc2)ncn1)c1ccc(F)cc1. The number of anilines is 1. The molecule has 0 aliphatic carbocycles. The smallest absolute Gasteiger partial charge is 0.159 e. The van der Waals surface area contributed by atoms with E-state index < -0.39 is 0 Å². The van der Waals surface area contributed by atoms with Crippen LogP contribution in [0.5, 0.6) is 0 Å². The molecule has 0 saturated carbocycles. The van der Waals surface area contributed by atoms with Crippen molar-refractivity contribution in [2.75, 3.05) is 5.43 Å². The Bertz CT molecular complexity index is 1150. The number of aromatic nitrogens is 4. The summed E-state index contributed by atoms with van der Waals surface area (Å²) in [5.74, 6) is 0.881. The zero-order valence-corrected chi connectivity index (χ0v) is 16.0. The lowest BCUT2D eigenvalue weighted by atomic mass is 10.1. The zero-order valence-electron chi connectivity index (χ0n) is 16.0. The number of hydrogen-bond donors (Lipinski definition) is 1. The molecular formula is C22H19FN6. The Kier molecular flexibility index (Phi) is 5.11. The number of rotatable bonds is 5. The standard InChI is InChI=1S/C22H19FN6/c1-15-12-20(18-6-4-3-5-7-18)29(28-15)22-13-21(24-14-25-22)27-26-16(2)17-8-10-19(23)11-9-17/h3-14H,1-2H3,(H,24,25,27). The van der Waals surface area contributed by atoms with Gasteiger partial charge in [-0.1, -0.05) is 42.5 Å². The van der Waals surface area contributed by atoms with Crippen molar-refractivity contribution >= 4 is 11.5 Å². The molecule has 0 spiro atoms. The summed E-state index contributed by atoms with van der Waals surface area (Å²) in [6.07, 6.45) is 1.46. The van der Waals surface area contributed by atoms with Crippen LogP contribution in [0.25, 0.3) is 17.1 Å². The number of hydrogen-bond acceptors (Lipinski definition) is 5. The molecule has 0 bridgehead atoms. The molecule has 4 rings (SSSR count). The van der Waals surface area contributed by atoms with Crippen LogP contribution in [0.4, 0.5) is 10.2 Å². The summed E-state index contributed by atoms with van der Waals surface area (Å²) in [7, 11) is 0. The van der Waals surface area contributed by atoms with Crippen molar-refractivity contribution in [3.05, 3.63) is 90.1 Å². The largest absolute Gasteiger partial charge is 0.261 e. The van der Waals surface area contributed by atoms with E-state index in [-0.39, 0.29) is 5.82 Å². The van der Waals surface area contributed by atoms with Gasteiger partial charge in [0, 0.05) is 11.6 Å². The van der Waals surface area contributed by atoms with E-state index in [1.807, 2.05) is 50.2 Å². The average Bonchev–Trinajstić information content (AvgIpc) is 3.15. The van der Waals surface area contributed by atoms with Crippen LogP contribution in [-0.4, -0.2) is 25.5 Å². The molecule has 2 aromatic carbocycles. The minimum Gasteiger partial charge on any atom is -0.261 e. The second kappa shape index (κ2) is 8.02. The lowest BCUT2D eigenvalue weighted by molar-refractivity contribution is 0.628. The van der Waals surface area contributed by atoms with Crippen LogP contribution < -0.4 is 5.43 Å². The summed E-state index contributed by atoms with van der Waals surface area (Å²) in [6.45, 7) is 3.78. The van der Waals surface area contributed by atoms with E-state index in [4.69, 9.17) is 0 Å². The fourth-order valence-electron chi connectivity index (χ4n) is 2.91. The lowest BCUT2D eigenvalue weighted by Crippen LogP contribution is -2.05. The first kappa shape index (κ1) is 18.5. The molecule has 6 nitrogen and oxygen atoms in total. The quantitative estimate of drug-likeness (QED) is 0.402. The van der Waals surface area contributed by atoms with Crippen LogP contribution in [0.1, 0.15) is 18.2 Å². The highest BCUT2D eigenvalue weighted by Gasteiger charge is 2.11. The number of nitrogens with zero attached hydrogens (tertiary/aromatic N) is 5. The lowest BCUT2D eigenvalue weighted by Gasteiger charge is -2.08. The van der Waals surface area contributed by atoms with Crippen LogP contribution in [0.15, 0.2) is 78.2 Å². The van der Waals surface area contributed by atoms with Crippen molar-refractivity contribution in [1.29, 1.82) is 0 Å². The van der Waals surface area contributed by atoms with Gasteiger partial charge in [-0.2, -0.15) is 10.2 Å². The van der Waals surface area contributed by atoms with Crippen LogP contribution in [0, 0.1) is 12.7 Å². The first-order valence-corrected chi connectivity index (χ1v) is 9.11. The third kappa shape index (κ3) is 4.19. The third-order valence-corrected chi connectivity index (χ3v) is 4.37. The second-order valence-corrected chi connectivity index (χ2v) is 6.53. The Hall–Kier alpha value is -3.87. The third-order valence-electron chi connectivity index (χ3n) is 4.37. The van der Waals surface area contributed by atoms with Crippen molar-refractivity contribution in [2.45, 2.75) is 13.8 Å². The minimum absolute atomic E-state index is 0.279. The Balaban J connectivity index is 1.62. The fraction of sp³-hybridized carbons (Fsp3) is 0.0909. The molecule has 0 aliphatic heterocycles. The van der Waals surface area contributed by atoms with Crippen molar-refractivity contribution in [1.82, 2.24) is 19.7 Å². The summed E-state index contributed by atoms with van der Waals surface area (Å²) < 4.78 is 14.9. The Morgan fingerprint density at radius 3 is 2.52 bits per heavy atom. The molecule has 0 saturated heterocycles. The van der Waals surface area contributed by atoms with E-state index in [9.17, 15) is 4.39 Å². The van der Waals surface area contributed by atoms with E-state index in [0.717, 1.165) is 22.5 Å². The summed E-state index contributed by atoms with van der Waals surface area (Å²) in [6, 6.07) is 20.0. The highest BCUT2D eigenvalue weighted by molar-refractivity contribution is 5.99. The molecule has 0 atom stereocenters. The molecule has 4 aromatic rings. The molecule has 7 heteroatoms. The van der Waals surface area contributed by atoms with Crippen molar-refractivity contribution < 1.29 is 4.39 Å². The average molecular weight is 386 g/mol. The summed E-state index contributed by atoms with van der Waals surface area (Å²) in [4.78, 5) is 8.59. The maximum atomic E-state index is 13.1. The van der Waals surface area contributed by atoms with Gasteiger partial charge in [0.15, 0.2) is 11.6 Å². The van der Waals surface area contributed by atoms with E-state index in [1.54, 1.807) is 22.9 Å². The molecule has 0 amide bonds. The first-order chi connectivity index (χ1) is 14.1. The second-order valence-electron chi connectivity index (χ2n) is 6.53. The Morgan fingerprint density at radius 1 is 1.00 bits per heavy atom. The van der Waals surface area contributed by atoms with Crippen molar-refractivity contribution in [3.8, 4) is 17.1 Å². The van der Waals surface area contributed by atoms with Crippen LogP contribution in [0.2, 0.25) is 0 Å². The molecule has 144 valence electrons. The van der Waals surface area contributed by atoms with Gasteiger partial charge >= 0.3 is 0 Å². The number of aryl methyl sites for hydroxylation is 1. The van der Waals surface area contributed by atoms with Gasteiger partial charge in [-0.3, -0.25) is 5.43 Å². The molecule has 2 heterocycles. The van der Waals surface area contributed by atoms with Crippen molar-refractivity contribution in [2.24, 2.45) is 5.10 Å². The van der Waals surface area contributed by atoms with E-state index >= 15 is 0 Å². The van der Waals surface area contributed by atoms with E-state index in [1.165, 1.54) is 18.5 Å². The van der Waals surface area contributed by atoms with E-state index in [0.29, 0.717) is 17.3 Å². The molecule has 29 heavy (non-hydrogen) atoms. The highest BCUT2D eigenvalue weighted by atomic mass is 19.1. The Morgan fingerprint density at radius 2 is 1.76 bits per heavy atom. The molecule has 0 radical (unpaired) electrons. The summed E-state index contributed by atoms with van der Waals surface area (Å²) in [5.41, 5.74) is 7.35. The van der Waals surface area contributed by atoms with Crippen LogP contribution in [0.3, 0.4) is 0 Å². The van der Waals surface area contributed by atoms with Gasteiger partial charge in [0.05, 0.1) is 17.1 Å². The molecule has 0 unspecified atom stereocenters. The molecule has 0 fully saturated rings. The van der Waals surface area contributed by atoms with Gasteiger partial charge in [0.1, 0.15) is 12.1 Å². The number of nitrogens with one attached hydrogen (secondary N) is 1. The number of halogens is 1. The minimum atomic E-state index is -0.279. The monoisotopic (exact) mass is 386 g/mol. The maximum absolute atomic E-state index is 13.1. The van der Waals surface area contributed by atoms with Gasteiger partial charge in [-0.15, -0.1) is 0 Å². The molecule has 0 aliphatic rings. The fourth-order valence-corrected chi connectivity index (χ4v) is 2.91. The van der Waals surface area contributed by atoms with Gasteiger partial charge in [0.25, 0.3) is 0 Å². The summed E-state index contributed by atoms with van der Waals surface area (Å²) >= 11 is 0.